The Kier molecular flexibility index (Phi) is 3.62. The Morgan fingerprint density at radius 1 is 1.09 bits per heavy atom. The van der Waals surface area contributed by atoms with E-state index in [-0.39, 0.29) is 0 Å². The molecule has 0 aliphatic heterocycles. The van der Waals surface area contributed by atoms with Crippen LogP contribution in [0.15, 0.2) is 36.9 Å². The van der Waals surface area contributed by atoms with Crippen LogP contribution in [-0.4, -0.2) is 24.5 Å². The molecule has 3 heterocycles. The van der Waals surface area contributed by atoms with Gasteiger partial charge in [0.1, 0.15) is 11.5 Å². The second kappa shape index (κ2) is 5.74. The molecule has 0 aromatic carbocycles. The van der Waals surface area contributed by atoms with Crippen molar-refractivity contribution in [3.8, 4) is 17.8 Å². The predicted molar refractivity (Wildman–Crippen MR) is 78.8 cm³/mol. The second-order valence-electron chi connectivity index (χ2n) is 4.68. The molecule has 0 fully saturated rings. The number of imidazole rings is 1. The second-order valence-corrected chi connectivity index (χ2v) is 4.68. The van der Waals surface area contributed by atoms with Crippen LogP contribution in [0.5, 0.6) is 0 Å². The highest BCUT2D eigenvalue weighted by molar-refractivity contribution is 5.40. The number of rotatable bonds is 1. The highest BCUT2D eigenvalue weighted by atomic mass is 19.1. The largest absolute Gasteiger partial charge is 0.271 e. The first-order chi connectivity index (χ1) is 10.6. The van der Waals surface area contributed by atoms with Crippen molar-refractivity contribution in [2.45, 2.75) is 13.8 Å². The quantitative estimate of drug-likeness (QED) is 0.646. The molecule has 6 heteroatoms. The molecule has 0 saturated carbocycles. The van der Waals surface area contributed by atoms with Crippen molar-refractivity contribution in [1.82, 2.24) is 24.5 Å². The third-order valence-electron chi connectivity index (χ3n) is 2.94. The number of aromatic nitrogens is 5. The minimum atomic E-state index is -0.477. The SMILES string of the molecule is Cc1cc(C#Cc2cn(-c3ncc(F)cn3)c(C)n2)ccn1. The summed E-state index contributed by atoms with van der Waals surface area (Å²) in [6.45, 7) is 3.73. The molecule has 3 aromatic heterocycles. The number of halogens is 1. The Hall–Kier alpha value is -3.07. The first-order valence-electron chi connectivity index (χ1n) is 6.60. The number of hydrogen-bond donors (Lipinski definition) is 0. The van der Waals surface area contributed by atoms with Crippen molar-refractivity contribution in [3.63, 3.8) is 0 Å². The molecule has 0 bridgehead atoms. The van der Waals surface area contributed by atoms with E-state index >= 15 is 0 Å². The van der Waals surface area contributed by atoms with E-state index in [9.17, 15) is 4.39 Å². The fourth-order valence-electron chi connectivity index (χ4n) is 1.92. The fourth-order valence-corrected chi connectivity index (χ4v) is 1.92. The Morgan fingerprint density at radius 3 is 2.59 bits per heavy atom. The van der Waals surface area contributed by atoms with E-state index in [1.807, 2.05) is 26.0 Å². The Morgan fingerprint density at radius 2 is 1.86 bits per heavy atom. The van der Waals surface area contributed by atoms with E-state index in [1.165, 1.54) is 0 Å². The molecule has 3 aromatic rings. The first kappa shape index (κ1) is 13.9. The van der Waals surface area contributed by atoms with Gasteiger partial charge < -0.3 is 0 Å². The highest BCUT2D eigenvalue weighted by Gasteiger charge is 2.07. The maximum atomic E-state index is 12.9. The van der Waals surface area contributed by atoms with E-state index in [2.05, 4.69) is 31.8 Å². The maximum absolute atomic E-state index is 12.9. The van der Waals surface area contributed by atoms with Crippen molar-refractivity contribution in [1.29, 1.82) is 0 Å². The van der Waals surface area contributed by atoms with Gasteiger partial charge in [-0.05, 0) is 31.9 Å². The van der Waals surface area contributed by atoms with Gasteiger partial charge in [-0.1, -0.05) is 5.92 Å². The van der Waals surface area contributed by atoms with E-state index < -0.39 is 5.82 Å². The molecule has 0 aliphatic carbocycles. The first-order valence-corrected chi connectivity index (χ1v) is 6.60. The van der Waals surface area contributed by atoms with Gasteiger partial charge in [0.05, 0.1) is 12.4 Å². The number of pyridine rings is 1. The minimum Gasteiger partial charge on any atom is -0.271 e. The summed E-state index contributed by atoms with van der Waals surface area (Å²) >= 11 is 0. The molecule has 0 amide bonds. The van der Waals surface area contributed by atoms with Crippen LogP contribution >= 0.6 is 0 Å². The summed E-state index contributed by atoms with van der Waals surface area (Å²) in [7, 11) is 0. The fraction of sp³-hybridized carbons (Fsp3) is 0.125. The molecule has 0 atom stereocenters. The summed E-state index contributed by atoms with van der Waals surface area (Å²) in [6.07, 6.45) is 5.68. The van der Waals surface area contributed by atoms with Crippen molar-refractivity contribution in [3.05, 3.63) is 65.5 Å². The van der Waals surface area contributed by atoms with E-state index in [0.717, 1.165) is 23.7 Å². The van der Waals surface area contributed by atoms with Gasteiger partial charge in [0, 0.05) is 23.7 Å². The smallest absolute Gasteiger partial charge is 0.235 e. The molecular weight excluding hydrogens is 281 g/mol. The lowest BCUT2D eigenvalue weighted by molar-refractivity contribution is 0.610. The van der Waals surface area contributed by atoms with Crippen LogP contribution in [0.2, 0.25) is 0 Å². The zero-order valence-corrected chi connectivity index (χ0v) is 12.1. The summed E-state index contributed by atoms with van der Waals surface area (Å²) in [4.78, 5) is 16.3. The monoisotopic (exact) mass is 293 g/mol. The van der Waals surface area contributed by atoms with Crippen LogP contribution in [0, 0.1) is 31.5 Å². The zero-order chi connectivity index (χ0) is 15.5. The average Bonchev–Trinajstić information content (AvgIpc) is 2.87. The van der Waals surface area contributed by atoms with Crippen LogP contribution in [0.25, 0.3) is 5.95 Å². The van der Waals surface area contributed by atoms with Crippen LogP contribution in [0.1, 0.15) is 22.8 Å². The van der Waals surface area contributed by atoms with Crippen LogP contribution in [-0.2, 0) is 0 Å². The van der Waals surface area contributed by atoms with Gasteiger partial charge in [-0.15, -0.1) is 0 Å². The lowest BCUT2D eigenvalue weighted by atomic mass is 10.2. The van der Waals surface area contributed by atoms with Gasteiger partial charge in [-0.3, -0.25) is 9.55 Å². The topological polar surface area (TPSA) is 56.5 Å². The Labute approximate surface area is 126 Å². The summed E-state index contributed by atoms with van der Waals surface area (Å²) in [6, 6.07) is 3.74. The molecule has 0 aliphatic rings. The van der Waals surface area contributed by atoms with Gasteiger partial charge >= 0.3 is 0 Å². The molecule has 3 rings (SSSR count). The van der Waals surface area contributed by atoms with Crippen molar-refractivity contribution in [2.75, 3.05) is 0 Å². The van der Waals surface area contributed by atoms with Gasteiger partial charge in [-0.2, -0.15) is 0 Å². The molecule has 0 spiro atoms. The van der Waals surface area contributed by atoms with Gasteiger partial charge in [0.15, 0.2) is 5.82 Å². The van der Waals surface area contributed by atoms with E-state index in [1.54, 1.807) is 17.0 Å². The summed E-state index contributed by atoms with van der Waals surface area (Å²) in [5, 5.41) is 0. The van der Waals surface area contributed by atoms with Crippen molar-refractivity contribution in [2.24, 2.45) is 0 Å². The molecule has 22 heavy (non-hydrogen) atoms. The van der Waals surface area contributed by atoms with Crippen LogP contribution in [0.3, 0.4) is 0 Å². The van der Waals surface area contributed by atoms with Crippen molar-refractivity contribution >= 4 is 0 Å². The van der Waals surface area contributed by atoms with Crippen LogP contribution < -0.4 is 0 Å². The minimum absolute atomic E-state index is 0.360. The molecule has 108 valence electrons. The standard InChI is InChI=1S/C16H12FN5/c1-11-7-13(5-6-18-11)3-4-15-10-22(12(2)21-15)16-19-8-14(17)9-20-16/h5-10H,1-2H3. The number of hydrogen-bond acceptors (Lipinski definition) is 4. The average molecular weight is 293 g/mol. The van der Waals surface area contributed by atoms with Crippen molar-refractivity contribution < 1.29 is 4.39 Å². The molecule has 0 N–H and O–H groups in total. The highest BCUT2D eigenvalue weighted by Crippen LogP contribution is 2.08. The van der Waals surface area contributed by atoms with Gasteiger partial charge in [0.2, 0.25) is 5.95 Å². The summed E-state index contributed by atoms with van der Waals surface area (Å²) < 4.78 is 14.5. The van der Waals surface area contributed by atoms with Gasteiger partial charge in [-0.25, -0.2) is 19.3 Å². The lowest BCUT2D eigenvalue weighted by Gasteiger charge is -2.00. The summed E-state index contributed by atoms with van der Waals surface area (Å²) in [5.41, 5.74) is 2.38. The predicted octanol–water partition coefficient (Wildman–Crippen LogP) is 2.21. The van der Waals surface area contributed by atoms with E-state index in [0.29, 0.717) is 17.5 Å². The molecule has 0 unspecified atom stereocenters. The van der Waals surface area contributed by atoms with E-state index in [4.69, 9.17) is 0 Å². The third-order valence-corrected chi connectivity index (χ3v) is 2.94. The van der Waals surface area contributed by atoms with Crippen LogP contribution in [0.4, 0.5) is 4.39 Å². The summed E-state index contributed by atoms with van der Waals surface area (Å²) in [5.74, 6) is 6.59. The zero-order valence-electron chi connectivity index (χ0n) is 12.1. The van der Waals surface area contributed by atoms with Gasteiger partial charge in [0.25, 0.3) is 0 Å². The Balaban J connectivity index is 1.91. The molecule has 0 radical (unpaired) electrons. The normalized spacial score (nSPS) is 10.1. The molecular formula is C16H12FN5. The Bertz CT molecular complexity index is 872. The maximum Gasteiger partial charge on any atom is 0.235 e. The lowest BCUT2D eigenvalue weighted by Crippen LogP contribution is -2.01. The molecule has 0 saturated heterocycles. The molecule has 5 nitrogen and oxygen atoms in total. The number of aryl methyl sites for hydroxylation is 2. The third kappa shape index (κ3) is 2.99. The number of nitrogens with zero attached hydrogens (tertiary/aromatic N) is 5.